The number of hydrogen-bond acceptors (Lipinski definition) is 3. The number of nitrogens with one attached hydrogen (secondary N) is 1. The second-order valence-corrected chi connectivity index (χ2v) is 6.94. The molecule has 25 heavy (non-hydrogen) atoms. The van der Waals surface area contributed by atoms with Crippen LogP contribution in [0, 0.1) is 0 Å². The van der Waals surface area contributed by atoms with E-state index in [0.29, 0.717) is 15.8 Å². The number of ether oxygens (including phenoxy) is 1. The molecule has 0 aromatic heterocycles. The van der Waals surface area contributed by atoms with Gasteiger partial charge in [-0.2, -0.15) is 0 Å². The smallest absolute Gasteiger partial charge is 0.262 e. The van der Waals surface area contributed by atoms with Crippen molar-refractivity contribution in [2.75, 3.05) is 25.0 Å². The number of carbonyl (C=O) groups excluding carboxylic acids is 1. The van der Waals surface area contributed by atoms with Crippen LogP contribution in [0.5, 0.6) is 5.75 Å². The van der Waals surface area contributed by atoms with Gasteiger partial charge in [-0.25, -0.2) is 0 Å². The lowest BCUT2D eigenvalue weighted by Crippen LogP contribution is -2.20. The van der Waals surface area contributed by atoms with Crippen LogP contribution in [0.25, 0.3) is 0 Å². The maximum absolute atomic E-state index is 12.0. The highest BCUT2D eigenvalue weighted by Gasteiger charge is 2.12. The summed E-state index contributed by atoms with van der Waals surface area (Å²) in [6.07, 6.45) is 2.57. The summed E-state index contributed by atoms with van der Waals surface area (Å²) >= 11 is 11.8. The highest BCUT2D eigenvalue weighted by Crippen LogP contribution is 2.27. The molecular formula is C19H20Cl2N2O2. The van der Waals surface area contributed by atoms with Crippen molar-refractivity contribution in [1.82, 2.24) is 4.90 Å². The van der Waals surface area contributed by atoms with Gasteiger partial charge in [0, 0.05) is 17.3 Å². The first-order chi connectivity index (χ1) is 12.1. The van der Waals surface area contributed by atoms with Gasteiger partial charge in [-0.1, -0.05) is 35.3 Å². The lowest BCUT2D eigenvalue weighted by atomic mass is 10.2. The molecule has 0 saturated carbocycles. The molecule has 0 atom stereocenters. The van der Waals surface area contributed by atoms with Gasteiger partial charge in [-0.3, -0.25) is 9.69 Å². The molecule has 0 bridgehead atoms. The van der Waals surface area contributed by atoms with Gasteiger partial charge >= 0.3 is 0 Å². The number of benzene rings is 2. The molecule has 6 heteroatoms. The first kappa shape index (κ1) is 18.1. The Morgan fingerprint density at radius 3 is 2.48 bits per heavy atom. The number of carbonyl (C=O) groups is 1. The van der Waals surface area contributed by atoms with Gasteiger partial charge in [0.25, 0.3) is 5.91 Å². The highest BCUT2D eigenvalue weighted by molar-refractivity contribution is 6.35. The topological polar surface area (TPSA) is 41.6 Å². The zero-order chi connectivity index (χ0) is 17.6. The number of rotatable bonds is 6. The Morgan fingerprint density at radius 2 is 1.80 bits per heavy atom. The molecule has 2 aromatic carbocycles. The van der Waals surface area contributed by atoms with E-state index < -0.39 is 0 Å². The third kappa shape index (κ3) is 5.36. The van der Waals surface area contributed by atoms with E-state index in [1.165, 1.54) is 31.5 Å². The number of likely N-dealkylation sites (tertiary alicyclic amines) is 1. The van der Waals surface area contributed by atoms with Gasteiger partial charge < -0.3 is 10.1 Å². The van der Waals surface area contributed by atoms with E-state index in [4.69, 9.17) is 27.9 Å². The maximum Gasteiger partial charge on any atom is 0.262 e. The van der Waals surface area contributed by atoms with Crippen molar-refractivity contribution < 1.29 is 9.53 Å². The van der Waals surface area contributed by atoms with E-state index in [2.05, 4.69) is 10.2 Å². The molecule has 0 unspecified atom stereocenters. The lowest BCUT2D eigenvalue weighted by molar-refractivity contribution is -0.118. The molecule has 1 aliphatic rings. The Hall–Kier alpha value is -1.75. The zero-order valence-electron chi connectivity index (χ0n) is 13.8. The van der Waals surface area contributed by atoms with Crippen LogP contribution in [0.4, 0.5) is 5.69 Å². The number of hydrogen-bond donors (Lipinski definition) is 1. The Balaban J connectivity index is 1.48. The molecule has 0 spiro atoms. The number of anilines is 1. The van der Waals surface area contributed by atoms with E-state index in [-0.39, 0.29) is 12.5 Å². The van der Waals surface area contributed by atoms with Crippen LogP contribution in [0.3, 0.4) is 0 Å². The van der Waals surface area contributed by atoms with Crippen LogP contribution < -0.4 is 10.1 Å². The van der Waals surface area contributed by atoms with Crippen molar-refractivity contribution in [2.24, 2.45) is 0 Å². The standard InChI is InChI=1S/C19H20Cl2N2O2/c20-15-5-8-18(17(21)11-15)25-13-19(24)22-16-6-3-14(4-7-16)12-23-9-1-2-10-23/h3-8,11H,1-2,9-10,12-13H2,(H,22,24). The van der Waals surface area contributed by atoms with Crippen molar-refractivity contribution in [3.8, 4) is 5.75 Å². The van der Waals surface area contributed by atoms with Crippen molar-refractivity contribution >= 4 is 34.8 Å². The SMILES string of the molecule is O=C(COc1ccc(Cl)cc1Cl)Nc1ccc(CN2CCCC2)cc1. The van der Waals surface area contributed by atoms with E-state index >= 15 is 0 Å². The Bertz CT molecular complexity index is 729. The molecule has 0 aliphatic carbocycles. The summed E-state index contributed by atoms with van der Waals surface area (Å²) in [5, 5.41) is 3.72. The quantitative estimate of drug-likeness (QED) is 0.797. The molecule has 1 fully saturated rings. The molecule has 1 aliphatic heterocycles. The van der Waals surface area contributed by atoms with Crippen LogP contribution in [0.2, 0.25) is 10.0 Å². The lowest BCUT2D eigenvalue weighted by Gasteiger charge is -2.15. The highest BCUT2D eigenvalue weighted by atomic mass is 35.5. The fourth-order valence-electron chi connectivity index (χ4n) is 2.83. The van der Waals surface area contributed by atoms with Crippen LogP contribution in [0.1, 0.15) is 18.4 Å². The fraction of sp³-hybridized carbons (Fsp3) is 0.316. The van der Waals surface area contributed by atoms with E-state index in [0.717, 1.165) is 12.2 Å². The number of amides is 1. The Labute approximate surface area is 157 Å². The Kier molecular flexibility index (Phi) is 6.19. The first-order valence-corrected chi connectivity index (χ1v) is 9.05. The zero-order valence-corrected chi connectivity index (χ0v) is 15.3. The van der Waals surface area contributed by atoms with E-state index in [1.807, 2.05) is 24.3 Å². The molecule has 1 saturated heterocycles. The van der Waals surface area contributed by atoms with Crippen molar-refractivity contribution in [3.63, 3.8) is 0 Å². The molecule has 3 rings (SSSR count). The molecule has 2 aromatic rings. The minimum atomic E-state index is -0.238. The first-order valence-electron chi connectivity index (χ1n) is 8.29. The van der Waals surface area contributed by atoms with E-state index in [9.17, 15) is 4.79 Å². The maximum atomic E-state index is 12.0. The summed E-state index contributed by atoms with van der Waals surface area (Å²) < 4.78 is 5.43. The fourth-order valence-corrected chi connectivity index (χ4v) is 3.29. The van der Waals surface area contributed by atoms with Crippen molar-refractivity contribution in [1.29, 1.82) is 0 Å². The van der Waals surface area contributed by atoms with Crippen LogP contribution in [-0.4, -0.2) is 30.5 Å². The van der Waals surface area contributed by atoms with Crippen molar-refractivity contribution in [2.45, 2.75) is 19.4 Å². The molecule has 132 valence electrons. The summed E-state index contributed by atoms with van der Waals surface area (Å²) in [7, 11) is 0. The molecule has 1 amide bonds. The van der Waals surface area contributed by atoms with Gasteiger partial charge in [0.1, 0.15) is 5.75 Å². The van der Waals surface area contributed by atoms with Gasteiger partial charge in [-0.05, 0) is 61.8 Å². The average molecular weight is 379 g/mol. The molecule has 0 radical (unpaired) electrons. The van der Waals surface area contributed by atoms with Crippen LogP contribution >= 0.6 is 23.2 Å². The second-order valence-electron chi connectivity index (χ2n) is 6.09. The number of nitrogens with zero attached hydrogens (tertiary/aromatic N) is 1. The minimum absolute atomic E-state index is 0.114. The van der Waals surface area contributed by atoms with Gasteiger partial charge in [-0.15, -0.1) is 0 Å². The normalized spacial score (nSPS) is 14.5. The molecule has 4 nitrogen and oxygen atoms in total. The van der Waals surface area contributed by atoms with Crippen molar-refractivity contribution in [3.05, 3.63) is 58.1 Å². The van der Waals surface area contributed by atoms with Gasteiger partial charge in [0.2, 0.25) is 0 Å². The average Bonchev–Trinajstić information content (AvgIpc) is 3.09. The Morgan fingerprint density at radius 1 is 1.08 bits per heavy atom. The van der Waals surface area contributed by atoms with Gasteiger partial charge in [0.15, 0.2) is 6.61 Å². The molecule has 1 heterocycles. The van der Waals surface area contributed by atoms with Crippen LogP contribution in [-0.2, 0) is 11.3 Å². The third-order valence-electron chi connectivity index (χ3n) is 4.10. The number of halogens is 2. The largest absolute Gasteiger partial charge is 0.482 e. The summed E-state index contributed by atoms with van der Waals surface area (Å²) in [5.74, 6) is 0.195. The summed E-state index contributed by atoms with van der Waals surface area (Å²) in [5.41, 5.74) is 2.00. The molecule has 1 N–H and O–H groups in total. The summed E-state index contributed by atoms with van der Waals surface area (Å²) in [6, 6.07) is 12.8. The predicted octanol–water partition coefficient (Wildman–Crippen LogP) is 4.61. The van der Waals surface area contributed by atoms with E-state index in [1.54, 1.807) is 18.2 Å². The molecular weight excluding hydrogens is 359 g/mol. The van der Waals surface area contributed by atoms with Gasteiger partial charge in [0.05, 0.1) is 5.02 Å². The minimum Gasteiger partial charge on any atom is -0.482 e. The monoisotopic (exact) mass is 378 g/mol. The predicted molar refractivity (Wildman–Crippen MR) is 102 cm³/mol. The third-order valence-corrected chi connectivity index (χ3v) is 4.63. The summed E-state index contributed by atoms with van der Waals surface area (Å²) in [4.78, 5) is 14.5. The summed E-state index contributed by atoms with van der Waals surface area (Å²) in [6.45, 7) is 3.19. The van der Waals surface area contributed by atoms with Crippen LogP contribution in [0.15, 0.2) is 42.5 Å². The second kappa shape index (κ2) is 8.56.